The van der Waals surface area contributed by atoms with E-state index < -0.39 is 10.0 Å². The van der Waals surface area contributed by atoms with Crippen LogP contribution in [0, 0.1) is 20.8 Å². The minimum Gasteiger partial charge on any atom is -0.360 e. The average Bonchev–Trinajstić information content (AvgIpc) is 2.92. The van der Waals surface area contributed by atoms with Crippen LogP contribution in [0.15, 0.2) is 33.9 Å². The van der Waals surface area contributed by atoms with Crippen LogP contribution < -0.4 is 4.72 Å². The van der Waals surface area contributed by atoms with Gasteiger partial charge in [-0.1, -0.05) is 5.16 Å². The summed E-state index contributed by atoms with van der Waals surface area (Å²) in [5.74, 6) is 0.256. The van der Waals surface area contributed by atoms with E-state index in [4.69, 9.17) is 4.52 Å². The van der Waals surface area contributed by atoms with E-state index in [2.05, 4.69) is 14.9 Å². The fraction of sp³-hybridized carbons (Fsp3) is 0.231. The third kappa shape index (κ3) is 2.27. The topological polar surface area (TPSA) is 89.5 Å². The molecule has 0 saturated carbocycles. The summed E-state index contributed by atoms with van der Waals surface area (Å²) < 4.78 is 34.2. The minimum atomic E-state index is -3.77. The lowest BCUT2D eigenvalue weighted by Gasteiger charge is -2.08. The molecule has 3 aromatic rings. The Morgan fingerprint density at radius 2 is 2.05 bits per heavy atom. The summed E-state index contributed by atoms with van der Waals surface area (Å²) in [5, 5.41) is 3.68. The highest BCUT2D eigenvalue weighted by Crippen LogP contribution is 2.24. The maximum absolute atomic E-state index is 12.5. The van der Waals surface area contributed by atoms with Gasteiger partial charge >= 0.3 is 0 Å². The monoisotopic (exact) mass is 306 g/mol. The first kappa shape index (κ1) is 13.6. The van der Waals surface area contributed by atoms with E-state index in [-0.39, 0.29) is 10.7 Å². The van der Waals surface area contributed by atoms with Crippen LogP contribution in [-0.2, 0) is 10.0 Å². The highest BCUT2D eigenvalue weighted by molar-refractivity contribution is 7.92. The summed E-state index contributed by atoms with van der Waals surface area (Å²) in [4.78, 5) is 4.38. The highest BCUT2D eigenvalue weighted by Gasteiger charge is 2.25. The zero-order valence-corrected chi connectivity index (χ0v) is 12.6. The number of imidazole rings is 1. The Balaban J connectivity index is 2.10. The molecule has 0 atom stereocenters. The molecule has 0 unspecified atom stereocenters. The number of hydrogen-bond acceptors (Lipinski definition) is 5. The lowest BCUT2D eigenvalue weighted by Crippen LogP contribution is -2.15. The van der Waals surface area contributed by atoms with Crippen molar-refractivity contribution < 1.29 is 12.9 Å². The zero-order chi connectivity index (χ0) is 15.2. The van der Waals surface area contributed by atoms with Gasteiger partial charge < -0.3 is 8.92 Å². The van der Waals surface area contributed by atoms with E-state index in [1.54, 1.807) is 30.4 Å². The van der Waals surface area contributed by atoms with Gasteiger partial charge in [-0.3, -0.25) is 4.72 Å². The predicted octanol–water partition coefficient (Wildman–Crippen LogP) is 2.05. The molecule has 0 aliphatic heterocycles. The van der Waals surface area contributed by atoms with Crippen molar-refractivity contribution in [2.75, 3.05) is 4.72 Å². The van der Waals surface area contributed by atoms with E-state index in [1.807, 2.05) is 19.3 Å². The SMILES string of the molecule is Cc1cn2cccc(NS(=O)(=O)c3c(C)noc3C)c2n1. The molecule has 0 aliphatic rings. The second-order valence-electron chi connectivity index (χ2n) is 4.79. The Hall–Kier alpha value is -2.35. The van der Waals surface area contributed by atoms with E-state index in [0.717, 1.165) is 5.69 Å². The molecule has 0 aliphatic carbocycles. The zero-order valence-electron chi connectivity index (χ0n) is 11.8. The number of aromatic nitrogens is 3. The Labute approximate surface area is 121 Å². The first-order chi connectivity index (χ1) is 9.88. The summed E-state index contributed by atoms with van der Waals surface area (Å²) in [6.45, 7) is 5.00. The summed E-state index contributed by atoms with van der Waals surface area (Å²) in [6.07, 6.45) is 3.63. The lowest BCUT2D eigenvalue weighted by atomic mass is 10.4. The van der Waals surface area contributed by atoms with Gasteiger partial charge in [-0.25, -0.2) is 13.4 Å². The Morgan fingerprint density at radius 1 is 1.29 bits per heavy atom. The van der Waals surface area contributed by atoms with Crippen molar-refractivity contribution in [1.29, 1.82) is 0 Å². The number of pyridine rings is 1. The molecule has 0 spiro atoms. The van der Waals surface area contributed by atoms with E-state index in [0.29, 0.717) is 17.0 Å². The maximum Gasteiger partial charge on any atom is 0.267 e. The fourth-order valence-corrected chi connectivity index (χ4v) is 3.66. The predicted molar refractivity (Wildman–Crippen MR) is 76.7 cm³/mol. The fourth-order valence-electron chi connectivity index (χ4n) is 2.27. The number of nitrogens with zero attached hydrogens (tertiary/aromatic N) is 3. The third-order valence-corrected chi connectivity index (χ3v) is 4.69. The van der Waals surface area contributed by atoms with Crippen molar-refractivity contribution >= 4 is 21.4 Å². The second kappa shape index (κ2) is 4.59. The third-order valence-electron chi connectivity index (χ3n) is 3.08. The number of fused-ring (bicyclic) bond motifs is 1. The van der Waals surface area contributed by atoms with Gasteiger partial charge in [0.1, 0.15) is 5.69 Å². The van der Waals surface area contributed by atoms with Crippen molar-refractivity contribution in [3.8, 4) is 0 Å². The molecule has 0 bridgehead atoms. The van der Waals surface area contributed by atoms with Gasteiger partial charge in [0.2, 0.25) is 0 Å². The number of aryl methyl sites for hydroxylation is 3. The quantitative estimate of drug-likeness (QED) is 0.800. The van der Waals surface area contributed by atoms with Crippen molar-refractivity contribution in [3.05, 3.63) is 41.7 Å². The molecule has 0 radical (unpaired) electrons. The molecule has 3 rings (SSSR count). The van der Waals surface area contributed by atoms with Gasteiger partial charge in [0.25, 0.3) is 10.0 Å². The summed E-state index contributed by atoms with van der Waals surface area (Å²) in [7, 11) is -3.77. The van der Waals surface area contributed by atoms with Crippen molar-refractivity contribution in [3.63, 3.8) is 0 Å². The average molecular weight is 306 g/mol. The Kier molecular flexibility index (Phi) is 2.98. The van der Waals surface area contributed by atoms with Gasteiger partial charge in [0, 0.05) is 12.4 Å². The van der Waals surface area contributed by atoms with E-state index in [9.17, 15) is 8.42 Å². The second-order valence-corrected chi connectivity index (χ2v) is 6.41. The number of rotatable bonds is 3. The molecule has 0 amide bonds. The molecule has 1 N–H and O–H groups in total. The largest absolute Gasteiger partial charge is 0.360 e. The molecule has 110 valence electrons. The summed E-state index contributed by atoms with van der Waals surface area (Å²) in [5.41, 5.74) is 2.08. The van der Waals surface area contributed by atoms with Crippen LogP contribution in [0.2, 0.25) is 0 Å². The molecule has 0 saturated heterocycles. The van der Waals surface area contributed by atoms with Gasteiger partial charge in [-0.05, 0) is 32.9 Å². The van der Waals surface area contributed by atoms with Gasteiger partial charge in [0.15, 0.2) is 16.3 Å². The number of anilines is 1. The van der Waals surface area contributed by atoms with E-state index >= 15 is 0 Å². The van der Waals surface area contributed by atoms with Gasteiger partial charge in [-0.2, -0.15) is 0 Å². The summed E-state index contributed by atoms with van der Waals surface area (Å²) >= 11 is 0. The highest BCUT2D eigenvalue weighted by atomic mass is 32.2. The molecule has 3 aromatic heterocycles. The molecule has 8 heteroatoms. The van der Waals surface area contributed by atoms with Crippen LogP contribution >= 0.6 is 0 Å². The van der Waals surface area contributed by atoms with Gasteiger partial charge in [-0.15, -0.1) is 0 Å². The van der Waals surface area contributed by atoms with Crippen LogP contribution in [0.25, 0.3) is 5.65 Å². The van der Waals surface area contributed by atoms with Gasteiger partial charge in [0.05, 0.1) is 11.4 Å². The number of hydrogen-bond donors (Lipinski definition) is 1. The van der Waals surface area contributed by atoms with Crippen molar-refractivity contribution in [2.45, 2.75) is 25.7 Å². The Bertz CT molecular complexity index is 905. The van der Waals surface area contributed by atoms with Crippen LogP contribution in [0.3, 0.4) is 0 Å². The first-order valence-corrected chi connectivity index (χ1v) is 7.77. The normalized spacial score (nSPS) is 12.0. The van der Waals surface area contributed by atoms with Crippen LogP contribution in [0.4, 0.5) is 5.69 Å². The molecule has 7 nitrogen and oxygen atoms in total. The van der Waals surface area contributed by atoms with Crippen molar-refractivity contribution in [2.24, 2.45) is 0 Å². The molecule has 0 fully saturated rings. The molecule has 0 aromatic carbocycles. The van der Waals surface area contributed by atoms with Crippen LogP contribution in [0.5, 0.6) is 0 Å². The minimum absolute atomic E-state index is 0.0628. The van der Waals surface area contributed by atoms with Crippen LogP contribution in [0.1, 0.15) is 17.1 Å². The molecular weight excluding hydrogens is 292 g/mol. The smallest absolute Gasteiger partial charge is 0.267 e. The molecular formula is C13H14N4O3S. The number of nitrogens with one attached hydrogen (secondary N) is 1. The molecule has 3 heterocycles. The van der Waals surface area contributed by atoms with E-state index in [1.165, 1.54) is 0 Å². The Morgan fingerprint density at radius 3 is 2.71 bits per heavy atom. The van der Waals surface area contributed by atoms with Crippen LogP contribution in [-0.4, -0.2) is 23.0 Å². The lowest BCUT2D eigenvalue weighted by molar-refractivity contribution is 0.390. The first-order valence-electron chi connectivity index (χ1n) is 6.28. The maximum atomic E-state index is 12.5. The van der Waals surface area contributed by atoms with Crippen molar-refractivity contribution in [1.82, 2.24) is 14.5 Å². The molecule has 21 heavy (non-hydrogen) atoms. The number of sulfonamides is 1. The summed E-state index contributed by atoms with van der Waals surface area (Å²) in [6, 6.07) is 3.41. The standard InChI is InChI=1S/C13H14N4O3S/c1-8-7-17-6-4-5-11(13(17)14-8)16-21(18,19)12-9(2)15-20-10(12)3/h4-7,16H,1-3H3.